The maximum Gasteiger partial charge on any atom is 0.278 e. The van der Waals surface area contributed by atoms with E-state index in [1.807, 2.05) is 34.9 Å². The monoisotopic (exact) mass is 533 g/mol. The second-order valence-corrected chi connectivity index (χ2v) is 9.12. The standard InChI is InChI=1S/C25H31N7O2.2ClH/c26-15-21-22-23(25(33)31(18-28-22)10-9-29-11-13-34-14-12-29)32(16-19-5-2-1-3-6-19)24(21)30-8-4-7-20(27)17-30;;/h1-3,5-6,18,20H,4,7-14,16-17,27H2;2*1H/t20-;;/m0../s1. The number of rotatable bonds is 6. The summed E-state index contributed by atoms with van der Waals surface area (Å²) in [5, 5.41) is 10.1. The first kappa shape index (κ1) is 28.0. The number of halogens is 2. The number of morpholine rings is 1. The van der Waals surface area contributed by atoms with Crippen molar-refractivity contribution in [2.75, 3.05) is 50.8 Å². The Morgan fingerprint density at radius 2 is 1.86 bits per heavy atom. The number of benzene rings is 1. The molecule has 0 amide bonds. The molecule has 11 heteroatoms. The highest BCUT2D eigenvalue weighted by Crippen LogP contribution is 2.32. The number of anilines is 1. The molecule has 0 bridgehead atoms. The predicted molar refractivity (Wildman–Crippen MR) is 145 cm³/mol. The Kier molecular flexibility index (Phi) is 9.77. The van der Waals surface area contributed by atoms with Crippen LogP contribution in [0.4, 0.5) is 5.82 Å². The first-order chi connectivity index (χ1) is 16.7. The van der Waals surface area contributed by atoms with E-state index in [0.29, 0.717) is 36.2 Å². The van der Waals surface area contributed by atoms with Crippen molar-refractivity contribution in [1.29, 1.82) is 5.26 Å². The highest BCUT2D eigenvalue weighted by atomic mass is 35.5. The van der Waals surface area contributed by atoms with E-state index in [1.54, 1.807) is 10.9 Å². The summed E-state index contributed by atoms with van der Waals surface area (Å²) in [6, 6.07) is 12.4. The van der Waals surface area contributed by atoms with Crippen LogP contribution in [-0.2, 0) is 17.8 Å². The van der Waals surface area contributed by atoms with Crippen LogP contribution in [0, 0.1) is 11.3 Å². The van der Waals surface area contributed by atoms with Gasteiger partial charge in [-0.25, -0.2) is 4.98 Å². The third-order valence-electron chi connectivity index (χ3n) is 6.81. The summed E-state index contributed by atoms with van der Waals surface area (Å²) in [6.07, 6.45) is 3.50. The molecule has 1 atom stereocenters. The summed E-state index contributed by atoms with van der Waals surface area (Å²) in [6.45, 7) is 6.44. The molecule has 36 heavy (non-hydrogen) atoms. The molecule has 0 unspecified atom stereocenters. The molecule has 2 aromatic heterocycles. The van der Waals surface area contributed by atoms with Crippen LogP contribution in [0.5, 0.6) is 0 Å². The summed E-state index contributed by atoms with van der Waals surface area (Å²) in [5.41, 5.74) is 8.65. The summed E-state index contributed by atoms with van der Waals surface area (Å²) >= 11 is 0. The number of ether oxygens (including phenoxy) is 1. The summed E-state index contributed by atoms with van der Waals surface area (Å²) in [4.78, 5) is 22.8. The van der Waals surface area contributed by atoms with E-state index in [4.69, 9.17) is 10.5 Å². The van der Waals surface area contributed by atoms with E-state index in [1.165, 1.54) is 0 Å². The molecule has 4 heterocycles. The molecule has 2 N–H and O–H groups in total. The number of nitrogens with two attached hydrogens (primary N) is 1. The molecule has 0 aliphatic carbocycles. The molecule has 2 aliphatic heterocycles. The van der Waals surface area contributed by atoms with Gasteiger partial charge in [-0.15, -0.1) is 24.8 Å². The highest BCUT2D eigenvalue weighted by molar-refractivity contribution is 5.89. The normalized spacial score (nSPS) is 18.3. The Balaban J connectivity index is 0.00000180. The van der Waals surface area contributed by atoms with Crippen molar-refractivity contribution in [3.8, 4) is 6.07 Å². The minimum Gasteiger partial charge on any atom is -0.379 e. The number of hydrogen-bond donors (Lipinski definition) is 1. The maximum atomic E-state index is 13.7. The van der Waals surface area contributed by atoms with Gasteiger partial charge in [0.1, 0.15) is 28.5 Å². The fourth-order valence-corrected chi connectivity index (χ4v) is 5.04. The van der Waals surface area contributed by atoms with Crippen molar-refractivity contribution >= 4 is 41.7 Å². The van der Waals surface area contributed by atoms with Crippen molar-refractivity contribution < 1.29 is 4.74 Å². The largest absolute Gasteiger partial charge is 0.379 e. The van der Waals surface area contributed by atoms with Crippen LogP contribution in [0.15, 0.2) is 41.5 Å². The molecule has 1 aromatic carbocycles. The minimum atomic E-state index is -0.113. The smallest absolute Gasteiger partial charge is 0.278 e. The first-order valence-electron chi connectivity index (χ1n) is 12.0. The van der Waals surface area contributed by atoms with E-state index in [-0.39, 0.29) is 36.4 Å². The second-order valence-electron chi connectivity index (χ2n) is 9.12. The maximum absolute atomic E-state index is 13.7. The molecular weight excluding hydrogens is 501 g/mol. The van der Waals surface area contributed by atoms with Gasteiger partial charge >= 0.3 is 0 Å². The fraction of sp³-hybridized carbons (Fsp3) is 0.480. The predicted octanol–water partition coefficient (Wildman–Crippen LogP) is 2.22. The molecule has 194 valence electrons. The van der Waals surface area contributed by atoms with E-state index < -0.39 is 0 Å². The molecule has 2 saturated heterocycles. The topological polar surface area (TPSA) is 105 Å². The van der Waals surface area contributed by atoms with Gasteiger partial charge in [0.25, 0.3) is 5.56 Å². The van der Waals surface area contributed by atoms with E-state index >= 15 is 0 Å². The van der Waals surface area contributed by atoms with Crippen LogP contribution in [0.2, 0.25) is 0 Å². The van der Waals surface area contributed by atoms with Gasteiger partial charge < -0.3 is 19.9 Å². The number of hydrogen-bond acceptors (Lipinski definition) is 7. The average Bonchev–Trinajstić information content (AvgIpc) is 3.18. The Morgan fingerprint density at radius 3 is 2.56 bits per heavy atom. The second kappa shape index (κ2) is 12.6. The average molecular weight is 534 g/mol. The Labute approximate surface area is 223 Å². The van der Waals surface area contributed by atoms with Gasteiger partial charge in [0.05, 0.1) is 19.5 Å². The Bertz CT molecular complexity index is 1250. The van der Waals surface area contributed by atoms with Crippen LogP contribution in [0.1, 0.15) is 24.0 Å². The van der Waals surface area contributed by atoms with Crippen LogP contribution in [0.3, 0.4) is 0 Å². The van der Waals surface area contributed by atoms with Gasteiger partial charge in [-0.1, -0.05) is 30.3 Å². The summed E-state index contributed by atoms with van der Waals surface area (Å²) in [5.74, 6) is 0.757. The van der Waals surface area contributed by atoms with Crippen molar-refractivity contribution in [2.24, 2.45) is 5.73 Å². The van der Waals surface area contributed by atoms with Crippen molar-refractivity contribution in [3.05, 3.63) is 58.1 Å². The lowest BCUT2D eigenvalue weighted by atomic mass is 10.1. The Hall–Kier alpha value is -2.61. The number of fused-ring (bicyclic) bond motifs is 1. The van der Waals surface area contributed by atoms with Gasteiger partial charge in [-0.3, -0.25) is 14.3 Å². The lowest BCUT2D eigenvalue weighted by molar-refractivity contribution is 0.0362. The number of piperidine rings is 1. The molecule has 3 aromatic rings. The number of nitriles is 1. The van der Waals surface area contributed by atoms with Crippen molar-refractivity contribution in [2.45, 2.75) is 32.0 Å². The van der Waals surface area contributed by atoms with Crippen molar-refractivity contribution in [3.63, 3.8) is 0 Å². The minimum absolute atomic E-state index is 0. The molecule has 2 fully saturated rings. The van der Waals surface area contributed by atoms with Gasteiger partial charge in [-0.2, -0.15) is 5.26 Å². The molecule has 2 aliphatic rings. The number of nitrogens with zero attached hydrogens (tertiary/aromatic N) is 6. The zero-order valence-corrected chi connectivity index (χ0v) is 21.8. The lowest BCUT2D eigenvalue weighted by Gasteiger charge is -2.33. The van der Waals surface area contributed by atoms with Crippen molar-refractivity contribution in [1.82, 2.24) is 19.0 Å². The molecular formula is C25H33Cl2N7O2. The van der Waals surface area contributed by atoms with E-state index in [9.17, 15) is 10.1 Å². The van der Waals surface area contributed by atoms with Gasteiger partial charge in [0.15, 0.2) is 0 Å². The van der Waals surface area contributed by atoms with Gasteiger partial charge in [-0.05, 0) is 18.4 Å². The van der Waals surface area contributed by atoms with E-state index in [0.717, 1.165) is 63.6 Å². The Morgan fingerprint density at radius 1 is 1.11 bits per heavy atom. The third kappa shape index (κ3) is 5.69. The number of aromatic nitrogens is 3. The third-order valence-corrected chi connectivity index (χ3v) is 6.81. The van der Waals surface area contributed by atoms with Crippen LogP contribution >= 0.6 is 24.8 Å². The molecule has 5 rings (SSSR count). The molecule has 0 saturated carbocycles. The summed E-state index contributed by atoms with van der Waals surface area (Å²) < 4.78 is 9.09. The zero-order chi connectivity index (χ0) is 23.5. The fourth-order valence-electron chi connectivity index (χ4n) is 5.04. The first-order valence-corrected chi connectivity index (χ1v) is 12.0. The lowest BCUT2D eigenvalue weighted by Crippen LogP contribution is -2.44. The van der Waals surface area contributed by atoms with Crippen LogP contribution < -0.4 is 16.2 Å². The van der Waals surface area contributed by atoms with E-state index in [2.05, 4.69) is 20.9 Å². The van der Waals surface area contributed by atoms with Crippen LogP contribution in [0.25, 0.3) is 11.0 Å². The molecule has 9 nitrogen and oxygen atoms in total. The SMILES string of the molecule is Cl.Cl.N#Cc1c(N2CCC[C@H](N)C2)n(Cc2ccccc2)c2c(=O)n(CCN3CCOCC3)cnc12. The summed E-state index contributed by atoms with van der Waals surface area (Å²) in [7, 11) is 0. The van der Waals surface area contributed by atoms with Crippen LogP contribution in [-0.4, -0.2) is 71.0 Å². The quantitative estimate of drug-likeness (QED) is 0.517. The molecule has 0 radical (unpaired) electrons. The zero-order valence-electron chi connectivity index (χ0n) is 20.2. The highest BCUT2D eigenvalue weighted by Gasteiger charge is 2.28. The molecule has 0 spiro atoms. The van der Waals surface area contributed by atoms with Gasteiger partial charge in [0.2, 0.25) is 0 Å². The van der Waals surface area contributed by atoms with Gasteiger partial charge in [0, 0.05) is 51.9 Å².